The van der Waals surface area contributed by atoms with Crippen molar-refractivity contribution in [3.63, 3.8) is 0 Å². The van der Waals surface area contributed by atoms with Crippen LogP contribution in [0.2, 0.25) is 0 Å². The van der Waals surface area contributed by atoms with Crippen LogP contribution >= 0.6 is 0 Å². The van der Waals surface area contributed by atoms with Crippen molar-refractivity contribution in [1.82, 2.24) is 10.1 Å². The smallest absolute Gasteiger partial charge is 0.233 e. The zero-order valence-electron chi connectivity index (χ0n) is 10.9. The highest BCUT2D eigenvalue weighted by Gasteiger charge is 2.31. The first kappa shape index (κ1) is 12.3. The second kappa shape index (κ2) is 5.11. The van der Waals surface area contributed by atoms with Crippen molar-refractivity contribution in [2.45, 2.75) is 25.3 Å². The fraction of sp³-hybridized carbons (Fsp3) is 0.429. The summed E-state index contributed by atoms with van der Waals surface area (Å²) in [6, 6.07) is 8.24. The maximum atomic E-state index is 5.94. The van der Waals surface area contributed by atoms with Gasteiger partial charge in [-0.05, 0) is 12.5 Å². The molecule has 5 nitrogen and oxygen atoms in total. The van der Waals surface area contributed by atoms with E-state index in [0.717, 1.165) is 0 Å². The predicted molar refractivity (Wildman–Crippen MR) is 69.8 cm³/mol. The lowest BCUT2D eigenvalue weighted by molar-refractivity contribution is 0.187. The first-order valence-electron chi connectivity index (χ1n) is 6.44. The summed E-state index contributed by atoms with van der Waals surface area (Å²) >= 11 is 0. The Kier molecular flexibility index (Phi) is 3.31. The molecule has 2 atom stereocenters. The largest absolute Gasteiger partial charge is 0.379 e. The molecule has 0 radical (unpaired) electrons. The zero-order chi connectivity index (χ0) is 13.2. The summed E-state index contributed by atoms with van der Waals surface area (Å²) in [5.74, 6) is 1.31. The number of aromatic nitrogens is 2. The number of nitrogens with zero attached hydrogens (tertiary/aromatic N) is 2. The van der Waals surface area contributed by atoms with Gasteiger partial charge >= 0.3 is 0 Å². The van der Waals surface area contributed by atoms with E-state index in [9.17, 15) is 0 Å². The van der Waals surface area contributed by atoms with Gasteiger partial charge in [-0.3, -0.25) is 0 Å². The summed E-state index contributed by atoms with van der Waals surface area (Å²) in [7, 11) is 0. The number of benzene rings is 1. The minimum absolute atomic E-state index is 0.0266. The van der Waals surface area contributed by atoms with E-state index < -0.39 is 0 Å². The minimum Gasteiger partial charge on any atom is -0.379 e. The first-order valence-corrected chi connectivity index (χ1v) is 6.44. The monoisotopic (exact) mass is 259 g/mol. The fourth-order valence-electron chi connectivity index (χ4n) is 2.32. The molecular formula is C14H17N3O2. The van der Waals surface area contributed by atoms with Gasteiger partial charge in [-0.1, -0.05) is 35.0 Å². The summed E-state index contributed by atoms with van der Waals surface area (Å²) < 4.78 is 10.6. The normalized spacial score (nSPS) is 22.8. The maximum absolute atomic E-state index is 5.94. The van der Waals surface area contributed by atoms with Gasteiger partial charge in [0.2, 0.25) is 5.89 Å². The molecule has 100 valence electrons. The number of nitrogens with two attached hydrogens (primary N) is 1. The van der Waals surface area contributed by atoms with Crippen LogP contribution in [0.4, 0.5) is 0 Å². The SMILES string of the molecule is Cc1cccc(Cc2noc(C3COCC3N)n2)c1. The lowest BCUT2D eigenvalue weighted by Gasteiger charge is -2.06. The standard InChI is InChI=1S/C14H17N3O2/c1-9-3-2-4-10(5-9)6-13-16-14(19-17-13)11-7-18-8-12(11)15/h2-5,11-12H,6-8,15H2,1H3. The average Bonchev–Trinajstić information content (AvgIpc) is 2.98. The third-order valence-electron chi connectivity index (χ3n) is 3.37. The molecule has 2 aromatic rings. The van der Waals surface area contributed by atoms with E-state index in [2.05, 4.69) is 35.3 Å². The van der Waals surface area contributed by atoms with E-state index in [0.29, 0.717) is 31.3 Å². The van der Waals surface area contributed by atoms with E-state index in [1.807, 2.05) is 6.07 Å². The van der Waals surface area contributed by atoms with Gasteiger partial charge < -0.3 is 15.0 Å². The zero-order valence-corrected chi connectivity index (χ0v) is 10.9. The van der Waals surface area contributed by atoms with Crippen molar-refractivity contribution in [3.05, 3.63) is 47.1 Å². The highest BCUT2D eigenvalue weighted by molar-refractivity contribution is 5.24. The van der Waals surface area contributed by atoms with Crippen molar-refractivity contribution < 1.29 is 9.26 Å². The molecule has 0 saturated carbocycles. The molecule has 1 saturated heterocycles. The van der Waals surface area contributed by atoms with Crippen LogP contribution in [0.5, 0.6) is 0 Å². The number of rotatable bonds is 3. The Labute approximate surface area is 111 Å². The second-order valence-electron chi connectivity index (χ2n) is 5.02. The van der Waals surface area contributed by atoms with Gasteiger partial charge in [-0.15, -0.1) is 0 Å². The molecule has 0 amide bonds. The molecule has 1 aliphatic heterocycles. The van der Waals surface area contributed by atoms with Gasteiger partial charge in [0.05, 0.1) is 19.1 Å². The van der Waals surface area contributed by atoms with E-state index in [1.54, 1.807) is 0 Å². The molecule has 3 rings (SSSR count). The Morgan fingerprint density at radius 3 is 3.00 bits per heavy atom. The Morgan fingerprint density at radius 2 is 2.26 bits per heavy atom. The summed E-state index contributed by atoms with van der Waals surface area (Å²) in [5.41, 5.74) is 8.35. The summed E-state index contributed by atoms with van der Waals surface area (Å²) in [6.45, 7) is 3.19. The van der Waals surface area contributed by atoms with Crippen LogP contribution < -0.4 is 5.73 Å². The average molecular weight is 259 g/mol. The number of aryl methyl sites for hydroxylation is 1. The molecule has 1 fully saturated rings. The molecular weight excluding hydrogens is 242 g/mol. The number of hydrogen-bond acceptors (Lipinski definition) is 5. The van der Waals surface area contributed by atoms with Crippen molar-refractivity contribution in [3.8, 4) is 0 Å². The lowest BCUT2D eigenvalue weighted by Crippen LogP contribution is -2.27. The van der Waals surface area contributed by atoms with Gasteiger partial charge in [0.15, 0.2) is 5.82 Å². The predicted octanol–water partition coefficient (Wildman–Crippen LogP) is 1.41. The Hall–Kier alpha value is -1.72. The number of ether oxygens (including phenoxy) is 1. The van der Waals surface area contributed by atoms with Gasteiger partial charge in [-0.25, -0.2) is 0 Å². The Morgan fingerprint density at radius 1 is 1.37 bits per heavy atom. The molecule has 0 aliphatic carbocycles. The van der Waals surface area contributed by atoms with Crippen molar-refractivity contribution in [1.29, 1.82) is 0 Å². The molecule has 19 heavy (non-hydrogen) atoms. The molecule has 0 spiro atoms. The highest BCUT2D eigenvalue weighted by atomic mass is 16.5. The van der Waals surface area contributed by atoms with Gasteiger partial charge in [0.25, 0.3) is 0 Å². The second-order valence-corrected chi connectivity index (χ2v) is 5.02. The Balaban J connectivity index is 1.74. The van der Waals surface area contributed by atoms with Crippen molar-refractivity contribution >= 4 is 0 Å². The molecule has 0 bridgehead atoms. The number of hydrogen-bond donors (Lipinski definition) is 1. The minimum atomic E-state index is -0.0488. The van der Waals surface area contributed by atoms with Gasteiger partial charge in [0.1, 0.15) is 0 Å². The van der Waals surface area contributed by atoms with Crippen LogP contribution in [0.15, 0.2) is 28.8 Å². The van der Waals surface area contributed by atoms with Crippen LogP contribution in [0.25, 0.3) is 0 Å². The molecule has 2 heterocycles. The summed E-state index contributed by atoms with van der Waals surface area (Å²) in [5, 5.41) is 4.02. The summed E-state index contributed by atoms with van der Waals surface area (Å²) in [4.78, 5) is 4.43. The molecule has 5 heteroatoms. The van der Waals surface area contributed by atoms with Crippen molar-refractivity contribution in [2.24, 2.45) is 5.73 Å². The maximum Gasteiger partial charge on any atom is 0.233 e. The Bertz CT molecular complexity index is 567. The van der Waals surface area contributed by atoms with E-state index in [-0.39, 0.29) is 12.0 Å². The molecule has 2 N–H and O–H groups in total. The lowest BCUT2D eigenvalue weighted by atomic mass is 10.1. The van der Waals surface area contributed by atoms with Crippen molar-refractivity contribution in [2.75, 3.05) is 13.2 Å². The van der Waals surface area contributed by atoms with Crippen LogP contribution in [0, 0.1) is 6.92 Å². The third kappa shape index (κ3) is 2.67. The molecule has 2 unspecified atom stereocenters. The van der Waals surface area contributed by atoms with E-state index >= 15 is 0 Å². The third-order valence-corrected chi connectivity index (χ3v) is 3.37. The van der Waals surface area contributed by atoms with Crippen LogP contribution in [0.3, 0.4) is 0 Å². The quantitative estimate of drug-likeness (QED) is 0.902. The summed E-state index contributed by atoms with van der Waals surface area (Å²) in [6.07, 6.45) is 0.675. The molecule has 1 aliphatic rings. The first-order chi connectivity index (χ1) is 9.22. The van der Waals surface area contributed by atoms with E-state index in [4.69, 9.17) is 15.0 Å². The molecule has 1 aromatic heterocycles. The topological polar surface area (TPSA) is 74.2 Å². The highest BCUT2D eigenvalue weighted by Crippen LogP contribution is 2.23. The van der Waals surface area contributed by atoms with Crippen LogP contribution in [-0.4, -0.2) is 29.4 Å². The van der Waals surface area contributed by atoms with Crippen LogP contribution in [0.1, 0.15) is 28.8 Å². The molecule has 1 aromatic carbocycles. The van der Waals surface area contributed by atoms with Gasteiger partial charge in [0, 0.05) is 12.5 Å². The fourth-order valence-corrected chi connectivity index (χ4v) is 2.32. The van der Waals surface area contributed by atoms with Crippen LogP contribution in [-0.2, 0) is 11.2 Å². The van der Waals surface area contributed by atoms with E-state index in [1.165, 1.54) is 11.1 Å². The van der Waals surface area contributed by atoms with Gasteiger partial charge in [-0.2, -0.15) is 4.98 Å².